The highest BCUT2D eigenvalue weighted by Gasteiger charge is 2.21. The van der Waals surface area contributed by atoms with E-state index in [0.29, 0.717) is 5.69 Å². The van der Waals surface area contributed by atoms with E-state index in [-0.39, 0.29) is 10.6 Å². The van der Waals surface area contributed by atoms with Crippen molar-refractivity contribution in [1.82, 2.24) is 9.78 Å². The number of benzene rings is 1. The summed E-state index contributed by atoms with van der Waals surface area (Å²) in [4.78, 5) is -0.0776. The maximum Gasteiger partial charge on any atom is 0.243 e. The third kappa shape index (κ3) is 2.15. The Labute approximate surface area is 98.7 Å². The fraction of sp³-hybridized carbons (Fsp3) is 0.100. The summed E-state index contributed by atoms with van der Waals surface area (Å²) >= 11 is 0. The molecule has 0 aliphatic heterocycles. The van der Waals surface area contributed by atoms with E-state index in [1.807, 2.05) is 0 Å². The first-order chi connectivity index (χ1) is 8.04. The van der Waals surface area contributed by atoms with Gasteiger partial charge in [-0.05, 0) is 18.2 Å². The number of primary sulfonamides is 1. The minimum Gasteiger partial charge on any atom is -0.495 e. The van der Waals surface area contributed by atoms with Crippen molar-refractivity contribution in [3.63, 3.8) is 0 Å². The Morgan fingerprint density at radius 1 is 1.35 bits per heavy atom. The molecule has 0 aliphatic rings. The molecule has 0 saturated carbocycles. The second-order valence-corrected chi connectivity index (χ2v) is 4.80. The lowest BCUT2D eigenvalue weighted by Crippen LogP contribution is -2.16. The summed E-state index contributed by atoms with van der Waals surface area (Å²) in [5.41, 5.74) is 0.358. The number of hydrogen-bond donors (Lipinski definition) is 1. The van der Waals surface area contributed by atoms with Crippen molar-refractivity contribution in [1.29, 1.82) is 0 Å². The van der Waals surface area contributed by atoms with Crippen molar-refractivity contribution < 1.29 is 13.2 Å². The smallest absolute Gasteiger partial charge is 0.243 e. The molecule has 6 nitrogen and oxygen atoms in total. The van der Waals surface area contributed by atoms with E-state index in [2.05, 4.69) is 5.10 Å². The summed E-state index contributed by atoms with van der Waals surface area (Å²) in [7, 11) is -2.50. The Morgan fingerprint density at radius 2 is 2.12 bits per heavy atom. The summed E-state index contributed by atoms with van der Waals surface area (Å²) in [6.07, 6.45) is 3.18. The third-order valence-electron chi connectivity index (χ3n) is 2.21. The quantitative estimate of drug-likeness (QED) is 0.864. The van der Waals surface area contributed by atoms with Gasteiger partial charge in [-0.2, -0.15) is 5.10 Å². The molecule has 2 N–H and O–H groups in total. The van der Waals surface area contributed by atoms with Gasteiger partial charge >= 0.3 is 0 Å². The lowest BCUT2D eigenvalue weighted by atomic mass is 10.3. The molecule has 0 unspecified atom stereocenters. The van der Waals surface area contributed by atoms with Crippen LogP contribution < -0.4 is 9.88 Å². The van der Waals surface area contributed by atoms with Crippen molar-refractivity contribution in [3.8, 4) is 11.4 Å². The van der Waals surface area contributed by atoms with E-state index >= 15 is 0 Å². The predicted molar refractivity (Wildman–Crippen MR) is 61.5 cm³/mol. The number of hydrogen-bond acceptors (Lipinski definition) is 4. The van der Waals surface area contributed by atoms with Gasteiger partial charge in [0, 0.05) is 12.4 Å². The van der Waals surface area contributed by atoms with Gasteiger partial charge in [-0.3, -0.25) is 0 Å². The van der Waals surface area contributed by atoms with Crippen LogP contribution in [0.5, 0.6) is 5.75 Å². The molecule has 17 heavy (non-hydrogen) atoms. The Morgan fingerprint density at radius 3 is 2.65 bits per heavy atom. The molecule has 1 heterocycles. The summed E-state index contributed by atoms with van der Waals surface area (Å²) in [6.45, 7) is 0. The maximum atomic E-state index is 11.6. The highest BCUT2D eigenvalue weighted by Crippen LogP contribution is 2.28. The number of aromatic nitrogens is 2. The molecule has 0 saturated heterocycles. The van der Waals surface area contributed by atoms with Crippen LogP contribution in [0.15, 0.2) is 41.6 Å². The van der Waals surface area contributed by atoms with Crippen LogP contribution in [0.3, 0.4) is 0 Å². The van der Waals surface area contributed by atoms with Crippen LogP contribution in [0.25, 0.3) is 5.69 Å². The highest BCUT2D eigenvalue weighted by atomic mass is 32.2. The van der Waals surface area contributed by atoms with E-state index in [0.717, 1.165) is 0 Å². The number of nitrogens with zero attached hydrogens (tertiary/aromatic N) is 2. The molecule has 0 aliphatic carbocycles. The fourth-order valence-electron chi connectivity index (χ4n) is 1.54. The molecule has 0 bridgehead atoms. The largest absolute Gasteiger partial charge is 0.495 e. The van der Waals surface area contributed by atoms with Crippen molar-refractivity contribution in [2.75, 3.05) is 7.11 Å². The van der Waals surface area contributed by atoms with Crippen molar-refractivity contribution in [2.24, 2.45) is 5.14 Å². The van der Waals surface area contributed by atoms with Gasteiger partial charge in [0.25, 0.3) is 0 Å². The fourth-order valence-corrected chi connectivity index (χ4v) is 2.43. The van der Waals surface area contributed by atoms with Gasteiger partial charge in [-0.1, -0.05) is 6.07 Å². The Balaban J connectivity index is 2.77. The van der Waals surface area contributed by atoms with Gasteiger partial charge in [-0.25, -0.2) is 18.2 Å². The average molecular weight is 253 g/mol. The second kappa shape index (κ2) is 4.19. The van der Waals surface area contributed by atoms with Crippen molar-refractivity contribution in [3.05, 3.63) is 36.7 Å². The molecule has 0 atom stereocenters. The third-order valence-corrected chi connectivity index (χ3v) is 3.19. The monoisotopic (exact) mass is 253 g/mol. The normalized spacial score (nSPS) is 11.4. The molecule has 0 amide bonds. The van der Waals surface area contributed by atoms with E-state index < -0.39 is 10.0 Å². The molecule has 0 radical (unpaired) electrons. The van der Waals surface area contributed by atoms with Crippen LogP contribution in [0.4, 0.5) is 0 Å². The van der Waals surface area contributed by atoms with E-state index in [4.69, 9.17) is 9.88 Å². The number of nitrogens with two attached hydrogens (primary N) is 1. The van der Waals surface area contributed by atoms with Gasteiger partial charge < -0.3 is 4.74 Å². The predicted octanol–water partition coefficient (Wildman–Crippen LogP) is 0.528. The van der Waals surface area contributed by atoms with Crippen LogP contribution in [-0.4, -0.2) is 25.3 Å². The first kappa shape index (κ1) is 11.6. The van der Waals surface area contributed by atoms with Gasteiger partial charge in [0.1, 0.15) is 10.6 Å². The minimum absolute atomic E-state index is 0.0776. The number of methoxy groups -OCH3 is 1. The van der Waals surface area contributed by atoms with Gasteiger partial charge in [-0.15, -0.1) is 0 Å². The van der Waals surface area contributed by atoms with Crippen LogP contribution >= 0.6 is 0 Å². The first-order valence-electron chi connectivity index (χ1n) is 4.74. The summed E-state index contributed by atoms with van der Waals surface area (Å²) in [5.74, 6) is 0.195. The molecule has 0 spiro atoms. The Hall–Kier alpha value is -1.86. The van der Waals surface area contributed by atoms with Crippen molar-refractivity contribution in [2.45, 2.75) is 4.90 Å². The molecular formula is C10H11N3O3S. The zero-order valence-corrected chi connectivity index (χ0v) is 9.89. The summed E-state index contributed by atoms with van der Waals surface area (Å²) in [5, 5.41) is 9.17. The average Bonchev–Trinajstić information content (AvgIpc) is 2.80. The SMILES string of the molecule is COc1cccc(-n2cccn2)c1S(N)(=O)=O. The molecule has 1 aromatic carbocycles. The van der Waals surface area contributed by atoms with E-state index in [1.165, 1.54) is 17.9 Å². The Bertz CT molecular complexity index is 620. The Kier molecular flexibility index (Phi) is 2.86. The van der Waals surface area contributed by atoms with Crippen LogP contribution in [0, 0.1) is 0 Å². The van der Waals surface area contributed by atoms with Gasteiger partial charge in [0.05, 0.1) is 12.8 Å². The summed E-state index contributed by atoms with van der Waals surface area (Å²) < 4.78 is 29.6. The molecule has 2 aromatic rings. The van der Waals surface area contributed by atoms with Crippen LogP contribution in [0.2, 0.25) is 0 Å². The van der Waals surface area contributed by atoms with E-state index in [1.54, 1.807) is 30.6 Å². The summed E-state index contributed by atoms with van der Waals surface area (Å²) in [6, 6.07) is 6.50. The number of sulfonamides is 1. The topological polar surface area (TPSA) is 87.2 Å². The van der Waals surface area contributed by atoms with E-state index in [9.17, 15) is 8.42 Å². The standard InChI is InChI=1S/C10H11N3O3S/c1-16-9-5-2-4-8(10(9)17(11,14)15)13-7-3-6-12-13/h2-7H,1H3,(H2,11,14,15). The molecule has 2 rings (SSSR count). The first-order valence-corrected chi connectivity index (χ1v) is 6.28. The van der Waals surface area contributed by atoms with Crippen molar-refractivity contribution >= 4 is 10.0 Å². The molecule has 0 fully saturated rings. The second-order valence-electron chi connectivity index (χ2n) is 3.30. The van der Waals surface area contributed by atoms with Crippen LogP contribution in [-0.2, 0) is 10.0 Å². The highest BCUT2D eigenvalue weighted by molar-refractivity contribution is 7.89. The van der Waals surface area contributed by atoms with Gasteiger partial charge in [0.2, 0.25) is 10.0 Å². The molecule has 90 valence electrons. The molecule has 7 heteroatoms. The van der Waals surface area contributed by atoms with Gasteiger partial charge in [0.15, 0.2) is 0 Å². The lowest BCUT2D eigenvalue weighted by Gasteiger charge is -2.11. The number of ether oxygens (including phenoxy) is 1. The van der Waals surface area contributed by atoms with Crippen LogP contribution in [0.1, 0.15) is 0 Å². The maximum absolute atomic E-state index is 11.6. The number of rotatable bonds is 3. The lowest BCUT2D eigenvalue weighted by molar-refractivity contribution is 0.402. The zero-order chi connectivity index (χ0) is 12.5. The minimum atomic E-state index is -3.89. The zero-order valence-electron chi connectivity index (χ0n) is 9.07. The molecule has 1 aromatic heterocycles. The molecular weight excluding hydrogens is 242 g/mol.